The lowest BCUT2D eigenvalue weighted by Gasteiger charge is -2.05. The van der Waals surface area contributed by atoms with Gasteiger partial charge in [-0.1, -0.05) is 18.2 Å². The Morgan fingerprint density at radius 1 is 1.25 bits per heavy atom. The normalized spacial score (nSPS) is 13.8. The van der Waals surface area contributed by atoms with Crippen molar-refractivity contribution in [1.29, 1.82) is 5.26 Å². The van der Waals surface area contributed by atoms with Crippen LogP contribution in [0.4, 0.5) is 5.00 Å². The van der Waals surface area contributed by atoms with Crippen LogP contribution in [-0.4, -0.2) is 21.6 Å². The molecule has 0 radical (unpaired) electrons. The number of nitriles is 1. The van der Waals surface area contributed by atoms with Crippen LogP contribution in [0, 0.1) is 25.2 Å². The molecule has 5 nitrogen and oxygen atoms in total. The summed E-state index contributed by atoms with van der Waals surface area (Å²) in [6.07, 6.45) is 6.99. The van der Waals surface area contributed by atoms with Crippen molar-refractivity contribution in [2.75, 3.05) is 11.1 Å². The highest BCUT2D eigenvalue weighted by molar-refractivity contribution is 8.00. The van der Waals surface area contributed by atoms with E-state index in [1.165, 1.54) is 33.5 Å². The number of nitrogens with zero attached hydrogens (tertiary/aromatic N) is 3. The Bertz CT molecular complexity index is 1090. The third-order valence-corrected chi connectivity index (χ3v) is 8.37. The maximum absolute atomic E-state index is 12.6. The number of aromatic nitrogens is 2. The lowest BCUT2D eigenvalue weighted by molar-refractivity contribution is -0.113. The number of rotatable bonds is 4. The second kappa shape index (κ2) is 8.19. The van der Waals surface area contributed by atoms with E-state index in [2.05, 4.69) is 35.2 Å². The smallest absolute Gasteiger partial charge is 0.235 e. The Balaban J connectivity index is 1.50. The first-order valence-electron chi connectivity index (χ1n) is 9.26. The van der Waals surface area contributed by atoms with Crippen LogP contribution in [-0.2, 0) is 17.6 Å². The summed E-state index contributed by atoms with van der Waals surface area (Å²) in [4.78, 5) is 24.8. The van der Waals surface area contributed by atoms with Gasteiger partial charge in [-0.05, 0) is 50.7 Å². The van der Waals surface area contributed by atoms with Crippen molar-refractivity contribution in [1.82, 2.24) is 9.97 Å². The highest BCUT2D eigenvalue weighted by Gasteiger charge is 2.21. The fourth-order valence-corrected chi connectivity index (χ4v) is 6.68. The van der Waals surface area contributed by atoms with Crippen molar-refractivity contribution in [3.63, 3.8) is 0 Å². The summed E-state index contributed by atoms with van der Waals surface area (Å²) in [5.41, 5.74) is 2.99. The molecule has 28 heavy (non-hydrogen) atoms. The van der Waals surface area contributed by atoms with E-state index in [-0.39, 0.29) is 11.7 Å². The number of carbonyl (C=O) groups excluding carboxylic acids is 1. The summed E-state index contributed by atoms with van der Waals surface area (Å²) in [5, 5.41) is 15.2. The summed E-state index contributed by atoms with van der Waals surface area (Å²) in [7, 11) is 0. The molecular formula is C20H20N4OS3. The maximum atomic E-state index is 12.6. The Morgan fingerprint density at radius 3 is 2.89 bits per heavy atom. The zero-order valence-electron chi connectivity index (χ0n) is 15.8. The van der Waals surface area contributed by atoms with Crippen LogP contribution in [0.15, 0.2) is 11.4 Å². The van der Waals surface area contributed by atoms with E-state index in [4.69, 9.17) is 0 Å². The first-order valence-corrected chi connectivity index (χ1v) is 11.9. The molecule has 0 atom stereocenters. The van der Waals surface area contributed by atoms with Crippen LogP contribution in [0.25, 0.3) is 10.2 Å². The largest absolute Gasteiger partial charge is 0.316 e. The van der Waals surface area contributed by atoms with Gasteiger partial charge in [0.2, 0.25) is 5.91 Å². The van der Waals surface area contributed by atoms with Gasteiger partial charge in [-0.2, -0.15) is 5.26 Å². The van der Waals surface area contributed by atoms with Gasteiger partial charge < -0.3 is 5.32 Å². The van der Waals surface area contributed by atoms with E-state index in [0.29, 0.717) is 10.6 Å². The molecule has 0 unspecified atom stereocenters. The Morgan fingerprint density at radius 2 is 2.07 bits per heavy atom. The highest BCUT2D eigenvalue weighted by Crippen LogP contribution is 2.38. The van der Waals surface area contributed by atoms with Crippen LogP contribution in [0.1, 0.15) is 45.7 Å². The topological polar surface area (TPSA) is 78.7 Å². The first kappa shape index (κ1) is 19.4. The average Bonchev–Trinajstić information content (AvgIpc) is 3.05. The number of amides is 1. The number of aryl methyl sites for hydroxylation is 3. The molecular weight excluding hydrogens is 408 g/mol. The highest BCUT2D eigenvalue weighted by atomic mass is 32.2. The molecule has 3 aromatic rings. The van der Waals surface area contributed by atoms with E-state index < -0.39 is 0 Å². The minimum absolute atomic E-state index is 0.103. The van der Waals surface area contributed by atoms with Gasteiger partial charge in [-0.15, -0.1) is 22.7 Å². The molecule has 0 aliphatic heterocycles. The van der Waals surface area contributed by atoms with Crippen LogP contribution in [0.2, 0.25) is 0 Å². The fourth-order valence-electron chi connectivity index (χ4n) is 3.51. The molecule has 3 aromatic heterocycles. The van der Waals surface area contributed by atoms with E-state index in [9.17, 15) is 10.1 Å². The lowest BCUT2D eigenvalue weighted by Crippen LogP contribution is -2.14. The van der Waals surface area contributed by atoms with Crippen LogP contribution in [0.5, 0.6) is 0 Å². The molecule has 3 heterocycles. The molecule has 1 aliphatic rings. The summed E-state index contributed by atoms with van der Waals surface area (Å²) in [6.45, 7) is 4.15. The fraction of sp³-hybridized carbons (Fsp3) is 0.400. The quantitative estimate of drug-likeness (QED) is 0.349. The number of nitrogens with one attached hydrogen (secondary N) is 1. The first-order chi connectivity index (χ1) is 13.6. The Hall–Kier alpha value is -1.95. The van der Waals surface area contributed by atoms with Gasteiger partial charge >= 0.3 is 0 Å². The van der Waals surface area contributed by atoms with E-state index in [1.807, 2.05) is 0 Å². The SMILES string of the molecule is Cc1sc2ncnc(SCC(=O)Nc3sc4c(c3C#N)CCCCC4)c2c1C. The lowest BCUT2D eigenvalue weighted by atomic mass is 10.1. The molecule has 0 fully saturated rings. The minimum Gasteiger partial charge on any atom is -0.316 e. The standard InChI is InChI=1S/C20H20N4OS3/c1-11-12(2)27-20-17(11)19(22-10-23-20)26-9-16(25)24-18-14(8-21)13-6-4-3-5-7-15(13)28-18/h10H,3-7,9H2,1-2H3,(H,24,25). The molecule has 0 aromatic carbocycles. The predicted octanol–water partition coefficient (Wildman–Crippen LogP) is 5.24. The summed E-state index contributed by atoms with van der Waals surface area (Å²) >= 11 is 4.64. The Labute approximate surface area is 176 Å². The second-order valence-electron chi connectivity index (χ2n) is 6.86. The maximum Gasteiger partial charge on any atom is 0.235 e. The molecule has 1 N–H and O–H groups in total. The van der Waals surface area contributed by atoms with Gasteiger partial charge in [0.1, 0.15) is 27.3 Å². The average molecular weight is 429 g/mol. The number of carbonyl (C=O) groups is 1. The van der Waals surface area contributed by atoms with Gasteiger partial charge in [0.15, 0.2) is 0 Å². The summed E-state index contributed by atoms with van der Waals surface area (Å²) in [5.74, 6) is 0.155. The number of thiophene rings is 2. The van der Waals surface area contributed by atoms with Gasteiger partial charge in [0, 0.05) is 15.1 Å². The van der Waals surface area contributed by atoms with Gasteiger partial charge in [0.25, 0.3) is 0 Å². The molecule has 0 saturated carbocycles. The number of thioether (sulfide) groups is 1. The number of anilines is 1. The summed E-state index contributed by atoms with van der Waals surface area (Å²) < 4.78 is 0. The van der Waals surface area contributed by atoms with Gasteiger partial charge in [-0.3, -0.25) is 4.79 Å². The predicted molar refractivity (Wildman–Crippen MR) is 117 cm³/mol. The van der Waals surface area contributed by atoms with Gasteiger partial charge in [0.05, 0.1) is 11.3 Å². The van der Waals surface area contributed by atoms with E-state index in [0.717, 1.165) is 46.5 Å². The third kappa shape index (κ3) is 3.66. The van der Waals surface area contributed by atoms with Crippen LogP contribution < -0.4 is 5.32 Å². The third-order valence-electron chi connectivity index (χ3n) is 5.06. The van der Waals surface area contributed by atoms with Crippen molar-refractivity contribution < 1.29 is 4.79 Å². The van der Waals surface area contributed by atoms with Gasteiger partial charge in [-0.25, -0.2) is 9.97 Å². The van der Waals surface area contributed by atoms with Crippen molar-refractivity contribution in [2.45, 2.75) is 51.0 Å². The molecule has 144 valence electrons. The van der Waals surface area contributed by atoms with E-state index >= 15 is 0 Å². The number of fused-ring (bicyclic) bond motifs is 2. The molecule has 0 bridgehead atoms. The number of hydrogen-bond donors (Lipinski definition) is 1. The van der Waals surface area contributed by atoms with E-state index in [1.54, 1.807) is 29.0 Å². The van der Waals surface area contributed by atoms with Crippen LogP contribution in [0.3, 0.4) is 0 Å². The Kier molecular flexibility index (Phi) is 5.67. The molecule has 0 spiro atoms. The second-order valence-corrected chi connectivity index (χ2v) is 10.1. The van der Waals surface area contributed by atoms with Crippen molar-refractivity contribution >= 4 is 55.6 Å². The van der Waals surface area contributed by atoms with Crippen molar-refractivity contribution in [3.8, 4) is 6.07 Å². The molecule has 8 heteroatoms. The molecule has 1 aliphatic carbocycles. The zero-order chi connectivity index (χ0) is 19.7. The summed E-state index contributed by atoms with van der Waals surface area (Å²) in [6, 6.07) is 2.31. The van der Waals surface area contributed by atoms with Crippen molar-refractivity contribution in [3.05, 3.63) is 32.8 Å². The molecule has 4 rings (SSSR count). The monoisotopic (exact) mass is 428 g/mol. The van der Waals surface area contributed by atoms with Crippen LogP contribution >= 0.6 is 34.4 Å². The number of hydrogen-bond acceptors (Lipinski definition) is 7. The minimum atomic E-state index is -0.103. The molecule has 0 saturated heterocycles. The zero-order valence-corrected chi connectivity index (χ0v) is 18.2. The van der Waals surface area contributed by atoms with Crippen molar-refractivity contribution in [2.24, 2.45) is 0 Å². The molecule has 1 amide bonds.